The first kappa shape index (κ1) is 19.7. The number of nitrogens with one attached hydrogen (secondary N) is 2. The number of aliphatic imine (C=N–C) groups is 1. The molecule has 0 radical (unpaired) electrons. The maximum atomic E-state index is 10.7. The minimum Gasteiger partial charge on any atom is -0.354 e. The molecular formula is C16H25IN4O2. The summed E-state index contributed by atoms with van der Waals surface area (Å²) in [7, 11) is 0. The first-order valence-corrected chi connectivity index (χ1v) is 7.85. The molecule has 0 aromatic heterocycles. The molecule has 0 aliphatic heterocycles. The summed E-state index contributed by atoms with van der Waals surface area (Å²) in [4.78, 5) is 14.9. The van der Waals surface area contributed by atoms with E-state index in [0.29, 0.717) is 18.6 Å². The number of rotatable bonds is 5. The Balaban J connectivity index is 0.00000264. The first-order chi connectivity index (χ1) is 10.5. The molecule has 0 unspecified atom stereocenters. The monoisotopic (exact) mass is 432 g/mol. The maximum Gasteiger partial charge on any atom is 0.269 e. The van der Waals surface area contributed by atoms with E-state index in [1.165, 1.54) is 37.8 Å². The number of non-ortho nitro benzene ring substituents is 1. The van der Waals surface area contributed by atoms with Crippen LogP contribution in [0.15, 0.2) is 29.3 Å². The summed E-state index contributed by atoms with van der Waals surface area (Å²) in [5.41, 5.74) is 1.07. The standard InChI is InChI=1S/C16H24N4O2.HI/c1-12(2)18-16(19-14-5-3-4-6-14)17-11-13-7-9-15(10-8-13)20(21)22;/h7-10,12,14H,3-6,11H2,1-2H3,(H2,17,18,19);1H. The molecule has 1 fully saturated rings. The van der Waals surface area contributed by atoms with Gasteiger partial charge >= 0.3 is 0 Å². The summed E-state index contributed by atoms with van der Waals surface area (Å²) in [6.07, 6.45) is 4.93. The fraction of sp³-hybridized carbons (Fsp3) is 0.562. The Kier molecular flexibility index (Phi) is 8.29. The van der Waals surface area contributed by atoms with E-state index in [4.69, 9.17) is 0 Å². The van der Waals surface area contributed by atoms with Gasteiger partial charge in [0, 0.05) is 24.2 Å². The van der Waals surface area contributed by atoms with Gasteiger partial charge in [-0.25, -0.2) is 4.99 Å². The number of nitro groups is 1. The lowest BCUT2D eigenvalue weighted by atomic mass is 10.2. The quantitative estimate of drug-likeness (QED) is 0.245. The summed E-state index contributed by atoms with van der Waals surface area (Å²) < 4.78 is 0. The minimum absolute atomic E-state index is 0. The second-order valence-corrected chi connectivity index (χ2v) is 6.01. The Labute approximate surface area is 154 Å². The highest BCUT2D eigenvalue weighted by Crippen LogP contribution is 2.17. The van der Waals surface area contributed by atoms with Crippen LogP contribution in [-0.2, 0) is 6.54 Å². The van der Waals surface area contributed by atoms with Gasteiger partial charge in [-0.3, -0.25) is 10.1 Å². The third-order valence-electron chi connectivity index (χ3n) is 3.69. The molecule has 128 valence electrons. The van der Waals surface area contributed by atoms with Gasteiger partial charge in [-0.15, -0.1) is 24.0 Å². The molecule has 1 aliphatic rings. The molecule has 0 atom stereocenters. The fourth-order valence-electron chi connectivity index (χ4n) is 2.56. The van der Waals surface area contributed by atoms with Crippen LogP contribution in [-0.4, -0.2) is 23.0 Å². The van der Waals surface area contributed by atoms with Crippen LogP contribution in [0.25, 0.3) is 0 Å². The number of hydrogen-bond donors (Lipinski definition) is 2. The molecule has 0 spiro atoms. The lowest BCUT2D eigenvalue weighted by Crippen LogP contribution is -2.45. The molecule has 0 amide bonds. The molecule has 23 heavy (non-hydrogen) atoms. The van der Waals surface area contributed by atoms with E-state index < -0.39 is 0 Å². The van der Waals surface area contributed by atoms with E-state index in [1.807, 2.05) is 0 Å². The molecule has 0 heterocycles. The van der Waals surface area contributed by atoms with Crippen LogP contribution < -0.4 is 10.6 Å². The zero-order valence-electron chi connectivity index (χ0n) is 13.6. The summed E-state index contributed by atoms with van der Waals surface area (Å²) in [6, 6.07) is 7.36. The number of benzene rings is 1. The van der Waals surface area contributed by atoms with Gasteiger partial charge in [0.25, 0.3) is 5.69 Å². The second kappa shape index (κ2) is 9.69. The number of nitrogens with zero attached hydrogens (tertiary/aromatic N) is 2. The van der Waals surface area contributed by atoms with Crippen molar-refractivity contribution in [3.8, 4) is 0 Å². The van der Waals surface area contributed by atoms with Crippen LogP contribution >= 0.6 is 24.0 Å². The van der Waals surface area contributed by atoms with E-state index in [1.54, 1.807) is 12.1 Å². The molecule has 2 N–H and O–H groups in total. The van der Waals surface area contributed by atoms with Gasteiger partial charge in [0.1, 0.15) is 0 Å². The normalized spacial score (nSPS) is 15.3. The van der Waals surface area contributed by atoms with Crippen molar-refractivity contribution in [3.05, 3.63) is 39.9 Å². The van der Waals surface area contributed by atoms with Crippen molar-refractivity contribution >= 4 is 35.6 Å². The zero-order valence-corrected chi connectivity index (χ0v) is 15.9. The van der Waals surface area contributed by atoms with Gasteiger partial charge in [0.05, 0.1) is 11.5 Å². The van der Waals surface area contributed by atoms with Gasteiger partial charge in [-0.05, 0) is 32.3 Å². The molecular weight excluding hydrogens is 407 g/mol. The smallest absolute Gasteiger partial charge is 0.269 e. The topological polar surface area (TPSA) is 79.6 Å². The number of guanidine groups is 1. The maximum absolute atomic E-state index is 10.7. The van der Waals surface area contributed by atoms with Gasteiger partial charge in [0.2, 0.25) is 0 Å². The summed E-state index contributed by atoms with van der Waals surface area (Å²) in [5.74, 6) is 0.820. The molecule has 1 saturated carbocycles. The third-order valence-corrected chi connectivity index (χ3v) is 3.69. The van der Waals surface area contributed by atoms with Crippen molar-refractivity contribution in [2.24, 2.45) is 4.99 Å². The van der Waals surface area contributed by atoms with Crippen LogP contribution in [0.4, 0.5) is 5.69 Å². The highest BCUT2D eigenvalue weighted by Gasteiger charge is 2.16. The zero-order chi connectivity index (χ0) is 15.9. The number of hydrogen-bond acceptors (Lipinski definition) is 3. The van der Waals surface area contributed by atoms with E-state index in [-0.39, 0.29) is 34.6 Å². The van der Waals surface area contributed by atoms with Crippen molar-refractivity contribution < 1.29 is 4.92 Å². The number of nitro benzene ring substituents is 1. The minimum atomic E-state index is -0.388. The predicted octanol–water partition coefficient (Wildman–Crippen LogP) is 3.60. The second-order valence-electron chi connectivity index (χ2n) is 6.01. The molecule has 7 heteroatoms. The van der Waals surface area contributed by atoms with Crippen LogP contribution in [0.2, 0.25) is 0 Å². The van der Waals surface area contributed by atoms with E-state index in [2.05, 4.69) is 29.5 Å². The van der Waals surface area contributed by atoms with Crippen molar-refractivity contribution in [2.45, 2.75) is 58.2 Å². The SMILES string of the molecule is CC(C)NC(=NCc1ccc([N+](=O)[O-])cc1)NC1CCCC1.I. The average molecular weight is 432 g/mol. The first-order valence-electron chi connectivity index (χ1n) is 7.85. The highest BCUT2D eigenvalue weighted by atomic mass is 127. The Morgan fingerprint density at radius 1 is 1.30 bits per heavy atom. The molecule has 0 bridgehead atoms. The Morgan fingerprint density at radius 3 is 2.43 bits per heavy atom. The summed E-state index contributed by atoms with van der Waals surface area (Å²) in [6.45, 7) is 4.67. The van der Waals surface area contributed by atoms with Gasteiger partial charge in [0.15, 0.2) is 5.96 Å². The predicted molar refractivity (Wildman–Crippen MR) is 103 cm³/mol. The van der Waals surface area contributed by atoms with Crippen LogP contribution in [0, 0.1) is 10.1 Å². The molecule has 0 saturated heterocycles. The molecule has 1 aliphatic carbocycles. The highest BCUT2D eigenvalue weighted by molar-refractivity contribution is 14.0. The van der Waals surface area contributed by atoms with Crippen molar-refractivity contribution in [1.29, 1.82) is 0 Å². The molecule has 1 aromatic rings. The molecule has 1 aromatic carbocycles. The Morgan fingerprint density at radius 2 is 1.91 bits per heavy atom. The fourth-order valence-corrected chi connectivity index (χ4v) is 2.56. The van der Waals surface area contributed by atoms with E-state index in [9.17, 15) is 10.1 Å². The average Bonchev–Trinajstić information content (AvgIpc) is 2.97. The van der Waals surface area contributed by atoms with Crippen LogP contribution in [0.5, 0.6) is 0 Å². The Bertz CT molecular complexity index is 525. The van der Waals surface area contributed by atoms with Crippen molar-refractivity contribution in [3.63, 3.8) is 0 Å². The molecule has 6 nitrogen and oxygen atoms in total. The summed E-state index contributed by atoms with van der Waals surface area (Å²) >= 11 is 0. The van der Waals surface area contributed by atoms with Crippen molar-refractivity contribution in [2.75, 3.05) is 0 Å². The largest absolute Gasteiger partial charge is 0.354 e. The van der Waals surface area contributed by atoms with Crippen LogP contribution in [0.3, 0.4) is 0 Å². The third kappa shape index (κ3) is 6.72. The lowest BCUT2D eigenvalue weighted by molar-refractivity contribution is -0.384. The van der Waals surface area contributed by atoms with E-state index in [0.717, 1.165) is 11.5 Å². The number of halogens is 1. The van der Waals surface area contributed by atoms with Crippen molar-refractivity contribution in [1.82, 2.24) is 10.6 Å². The van der Waals surface area contributed by atoms with Gasteiger partial charge in [-0.2, -0.15) is 0 Å². The molecule has 2 rings (SSSR count). The van der Waals surface area contributed by atoms with Gasteiger partial charge < -0.3 is 10.6 Å². The van der Waals surface area contributed by atoms with Crippen LogP contribution in [0.1, 0.15) is 45.1 Å². The lowest BCUT2D eigenvalue weighted by Gasteiger charge is -2.19. The van der Waals surface area contributed by atoms with E-state index >= 15 is 0 Å². The Hall–Kier alpha value is -1.38. The summed E-state index contributed by atoms with van der Waals surface area (Å²) in [5, 5.41) is 17.5. The van der Waals surface area contributed by atoms with Gasteiger partial charge in [-0.1, -0.05) is 25.0 Å².